The van der Waals surface area contributed by atoms with E-state index < -0.39 is 6.04 Å². The van der Waals surface area contributed by atoms with Gasteiger partial charge in [-0.05, 0) is 31.5 Å². The molecule has 12 heavy (non-hydrogen) atoms. The van der Waals surface area contributed by atoms with E-state index in [0.29, 0.717) is 11.1 Å². The molecule has 0 aliphatic carbocycles. The lowest BCUT2D eigenvalue weighted by Crippen LogP contribution is -2.08. The van der Waals surface area contributed by atoms with Crippen LogP contribution in [0.1, 0.15) is 24.1 Å². The van der Waals surface area contributed by atoms with Gasteiger partial charge in [0.25, 0.3) is 0 Å². The Bertz CT molecular complexity index is 297. The summed E-state index contributed by atoms with van der Waals surface area (Å²) in [5.41, 5.74) is 6.27. The van der Waals surface area contributed by atoms with E-state index in [0.717, 1.165) is 0 Å². The van der Waals surface area contributed by atoms with E-state index in [1.807, 2.05) is 0 Å². The molecule has 0 spiro atoms. The number of phenolic OH excluding ortho intramolecular Hbond substituents is 1. The molecule has 0 aliphatic heterocycles. The predicted octanol–water partition coefficient (Wildman–Crippen LogP) is 1.86. The number of phenols is 1. The van der Waals surface area contributed by atoms with E-state index in [2.05, 4.69) is 0 Å². The fourth-order valence-corrected chi connectivity index (χ4v) is 1.11. The molecule has 3 heteroatoms. The molecule has 0 saturated carbocycles. The fourth-order valence-electron chi connectivity index (χ4n) is 1.11. The predicted molar refractivity (Wildman–Crippen MR) is 45.4 cm³/mol. The highest BCUT2D eigenvalue weighted by Gasteiger charge is 2.10. The lowest BCUT2D eigenvalue weighted by Gasteiger charge is -2.09. The molecule has 1 aromatic rings. The second-order valence-electron chi connectivity index (χ2n) is 2.95. The topological polar surface area (TPSA) is 46.2 Å². The maximum Gasteiger partial charge on any atom is 0.131 e. The van der Waals surface area contributed by atoms with Crippen LogP contribution >= 0.6 is 0 Å². The summed E-state index contributed by atoms with van der Waals surface area (Å²) in [5, 5.41) is 9.14. The number of hydrogen-bond acceptors (Lipinski definition) is 2. The third kappa shape index (κ3) is 1.56. The van der Waals surface area contributed by atoms with Crippen molar-refractivity contribution in [3.63, 3.8) is 0 Å². The van der Waals surface area contributed by atoms with Crippen molar-refractivity contribution in [2.75, 3.05) is 0 Å². The molecule has 0 fully saturated rings. The summed E-state index contributed by atoms with van der Waals surface area (Å²) in [7, 11) is 0. The minimum absolute atomic E-state index is 0.0567. The first-order valence-corrected chi connectivity index (χ1v) is 3.77. The fraction of sp³-hybridized carbons (Fsp3) is 0.333. The van der Waals surface area contributed by atoms with Crippen LogP contribution in [0.3, 0.4) is 0 Å². The average Bonchev–Trinajstić information content (AvgIpc) is 1.96. The molecule has 0 bridgehead atoms. The zero-order valence-electron chi connectivity index (χ0n) is 7.13. The van der Waals surface area contributed by atoms with Crippen LogP contribution in [0.4, 0.5) is 4.39 Å². The summed E-state index contributed by atoms with van der Waals surface area (Å²) >= 11 is 0. The molecule has 3 N–H and O–H groups in total. The maximum atomic E-state index is 13.2. The third-order valence-corrected chi connectivity index (χ3v) is 1.76. The van der Waals surface area contributed by atoms with Crippen LogP contribution in [0.5, 0.6) is 5.75 Å². The molecule has 0 radical (unpaired) electrons. The van der Waals surface area contributed by atoms with Crippen molar-refractivity contribution in [3.05, 3.63) is 29.1 Å². The van der Waals surface area contributed by atoms with Crippen LogP contribution < -0.4 is 5.73 Å². The summed E-state index contributed by atoms with van der Waals surface area (Å²) in [6, 6.07) is 2.34. The number of aryl methyl sites for hydroxylation is 1. The standard InChI is InChI=1S/C9H12FNO/c1-5-3-7(12)4-8(6(2)11)9(5)10/h3-4,6,12H,11H2,1-2H3. The number of benzene rings is 1. The van der Waals surface area contributed by atoms with Crippen LogP contribution in [0.15, 0.2) is 12.1 Å². The molecule has 0 aromatic heterocycles. The first-order chi connectivity index (χ1) is 5.52. The number of rotatable bonds is 1. The molecular formula is C9H12FNO. The van der Waals surface area contributed by atoms with Gasteiger partial charge in [0.15, 0.2) is 0 Å². The summed E-state index contributed by atoms with van der Waals surface area (Å²) in [6.45, 7) is 3.28. The molecule has 1 aromatic carbocycles. The van der Waals surface area contributed by atoms with E-state index in [4.69, 9.17) is 10.8 Å². The lowest BCUT2D eigenvalue weighted by atomic mass is 10.0. The molecule has 66 valence electrons. The Morgan fingerprint density at radius 1 is 1.50 bits per heavy atom. The minimum Gasteiger partial charge on any atom is -0.508 e. The van der Waals surface area contributed by atoms with Crippen LogP contribution in [0.2, 0.25) is 0 Å². The Morgan fingerprint density at radius 2 is 2.08 bits per heavy atom. The Labute approximate surface area is 70.8 Å². The van der Waals surface area contributed by atoms with Crippen LogP contribution in [0, 0.1) is 12.7 Å². The first kappa shape index (κ1) is 9.00. The Kier molecular flexibility index (Phi) is 2.33. The molecule has 1 unspecified atom stereocenters. The maximum absolute atomic E-state index is 13.2. The van der Waals surface area contributed by atoms with Crippen LogP contribution in [0.25, 0.3) is 0 Å². The molecule has 1 atom stereocenters. The van der Waals surface area contributed by atoms with Crippen molar-refractivity contribution in [2.45, 2.75) is 19.9 Å². The normalized spacial score (nSPS) is 13.0. The van der Waals surface area contributed by atoms with Crippen molar-refractivity contribution < 1.29 is 9.50 Å². The molecule has 0 amide bonds. The number of aromatic hydroxyl groups is 1. The van der Waals surface area contributed by atoms with Gasteiger partial charge in [0, 0.05) is 11.6 Å². The summed E-state index contributed by atoms with van der Waals surface area (Å²) < 4.78 is 13.2. The van der Waals surface area contributed by atoms with E-state index in [1.165, 1.54) is 12.1 Å². The Morgan fingerprint density at radius 3 is 2.58 bits per heavy atom. The molecular weight excluding hydrogens is 157 g/mol. The van der Waals surface area contributed by atoms with Gasteiger partial charge in [-0.1, -0.05) is 0 Å². The van der Waals surface area contributed by atoms with Crippen LogP contribution in [-0.4, -0.2) is 5.11 Å². The highest BCUT2D eigenvalue weighted by Crippen LogP contribution is 2.23. The SMILES string of the molecule is Cc1cc(O)cc(C(C)N)c1F. The van der Waals surface area contributed by atoms with Gasteiger partial charge in [-0.3, -0.25) is 0 Å². The largest absolute Gasteiger partial charge is 0.508 e. The van der Waals surface area contributed by atoms with E-state index >= 15 is 0 Å². The second-order valence-corrected chi connectivity index (χ2v) is 2.95. The van der Waals surface area contributed by atoms with Crippen molar-refractivity contribution in [1.29, 1.82) is 0 Å². The van der Waals surface area contributed by atoms with Gasteiger partial charge in [-0.25, -0.2) is 4.39 Å². The van der Waals surface area contributed by atoms with E-state index in [1.54, 1.807) is 13.8 Å². The average molecular weight is 169 g/mol. The van der Waals surface area contributed by atoms with E-state index in [-0.39, 0.29) is 11.6 Å². The van der Waals surface area contributed by atoms with Gasteiger partial charge in [0.2, 0.25) is 0 Å². The zero-order valence-corrected chi connectivity index (χ0v) is 7.13. The van der Waals surface area contributed by atoms with Crippen molar-refractivity contribution >= 4 is 0 Å². The lowest BCUT2D eigenvalue weighted by molar-refractivity contribution is 0.469. The zero-order chi connectivity index (χ0) is 9.30. The molecule has 0 aliphatic rings. The summed E-state index contributed by atoms with van der Waals surface area (Å²) in [6.07, 6.45) is 0. The summed E-state index contributed by atoms with van der Waals surface area (Å²) in [4.78, 5) is 0. The first-order valence-electron chi connectivity index (χ1n) is 3.77. The van der Waals surface area contributed by atoms with Gasteiger partial charge >= 0.3 is 0 Å². The Hall–Kier alpha value is -1.09. The number of hydrogen-bond donors (Lipinski definition) is 2. The molecule has 1 rings (SSSR count). The third-order valence-electron chi connectivity index (χ3n) is 1.76. The van der Waals surface area contributed by atoms with Crippen molar-refractivity contribution in [3.8, 4) is 5.75 Å². The molecule has 0 heterocycles. The van der Waals surface area contributed by atoms with Gasteiger partial charge in [-0.15, -0.1) is 0 Å². The van der Waals surface area contributed by atoms with Crippen molar-refractivity contribution in [1.82, 2.24) is 0 Å². The monoisotopic (exact) mass is 169 g/mol. The Balaban J connectivity index is 3.28. The minimum atomic E-state index is -0.393. The van der Waals surface area contributed by atoms with Gasteiger partial charge in [0.1, 0.15) is 11.6 Å². The van der Waals surface area contributed by atoms with Crippen LogP contribution in [-0.2, 0) is 0 Å². The van der Waals surface area contributed by atoms with Crippen molar-refractivity contribution in [2.24, 2.45) is 5.73 Å². The summed E-state index contributed by atoms with van der Waals surface area (Å²) in [5.74, 6) is -0.274. The highest BCUT2D eigenvalue weighted by molar-refractivity contribution is 5.35. The van der Waals surface area contributed by atoms with Gasteiger partial charge in [-0.2, -0.15) is 0 Å². The van der Waals surface area contributed by atoms with Gasteiger partial charge in [0.05, 0.1) is 0 Å². The molecule has 0 saturated heterocycles. The second kappa shape index (κ2) is 3.11. The number of nitrogens with two attached hydrogens (primary N) is 1. The number of halogens is 1. The smallest absolute Gasteiger partial charge is 0.131 e. The quantitative estimate of drug-likeness (QED) is 0.674. The molecule has 2 nitrogen and oxygen atoms in total. The highest BCUT2D eigenvalue weighted by atomic mass is 19.1. The van der Waals surface area contributed by atoms with Gasteiger partial charge < -0.3 is 10.8 Å². The van der Waals surface area contributed by atoms with E-state index in [9.17, 15) is 4.39 Å².